The fourth-order valence-electron chi connectivity index (χ4n) is 5.87. The maximum Gasteiger partial charge on any atom is 0.311 e. The van der Waals surface area contributed by atoms with Crippen LogP contribution in [0.4, 0.5) is 0 Å². The second-order valence-electron chi connectivity index (χ2n) is 10.8. The van der Waals surface area contributed by atoms with Crippen LogP contribution in [0.15, 0.2) is 30.3 Å². The summed E-state index contributed by atoms with van der Waals surface area (Å²) >= 11 is 0. The predicted octanol–water partition coefficient (Wildman–Crippen LogP) is 7.13. The minimum absolute atomic E-state index is 0.0531. The van der Waals surface area contributed by atoms with Gasteiger partial charge >= 0.3 is 5.97 Å². The molecule has 166 valence electrons. The number of benzene rings is 1. The molecule has 1 fully saturated rings. The Morgan fingerprint density at radius 3 is 2.27 bits per heavy atom. The van der Waals surface area contributed by atoms with E-state index in [2.05, 4.69) is 84.9 Å². The number of hydrogen-bond donors (Lipinski definition) is 0. The van der Waals surface area contributed by atoms with E-state index in [1.807, 2.05) is 0 Å². The Hall–Kier alpha value is -1.82. The lowest BCUT2D eigenvalue weighted by Gasteiger charge is -2.44. The van der Waals surface area contributed by atoms with E-state index in [0.717, 1.165) is 32.1 Å². The number of esters is 1. The summed E-state index contributed by atoms with van der Waals surface area (Å²) in [5.74, 6) is 0.378. The van der Waals surface area contributed by atoms with Crippen LogP contribution in [-0.2, 0) is 9.53 Å². The van der Waals surface area contributed by atoms with Gasteiger partial charge in [0.05, 0.1) is 24.0 Å². The summed E-state index contributed by atoms with van der Waals surface area (Å²) in [6.07, 6.45) is 4.64. The van der Waals surface area contributed by atoms with Crippen molar-refractivity contribution in [1.29, 1.82) is 5.26 Å². The average molecular weight is 412 g/mol. The highest BCUT2D eigenvalue weighted by atomic mass is 16.5. The molecule has 0 aromatic heterocycles. The molecule has 0 spiro atoms. The molecule has 1 aliphatic carbocycles. The Bertz CT molecular complexity index is 780. The van der Waals surface area contributed by atoms with Gasteiger partial charge in [0.1, 0.15) is 0 Å². The first-order valence-corrected chi connectivity index (χ1v) is 11.5. The molecule has 0 bridgehead atoms. The fraction of sp³-hybridized carbons (Fsp3) is 0.704. The first-order valence-electron chi connectivity index (χ1n) is 11.5. The molecule has 0 saturated heterocycles. The molecular weight excluding hydrogens is 370 g/mol. The molecule has 3 nitrogen and oxygen atoms in total. The van der Waals surface area contributed by atoms with Crippen LogP contribution in [0.2, 0.25) is 0 Å². The van der Waals surface area contributed by atoms with Gasteiger partial charge in [-0.2, -0.15) is 5.26 Å². The predicted molar refractivity (Wildman–Crippen MR) is 123 cm³/mol. The van der Waals surface area contributed by atoms with Crippen molar-refractivity contribution >= 4 is 5.97 Å². The van der Waals surface area contributed by atoms with E-state index in [1.54, 1.807) is 0 Å². The van der Waals surface area contributed by atoms with Crippen molar-refractivity contribution in [1.82, 2.24) is 0 Å². The summed E-state index contributed by atoms with van der Waals surface area (Å²) in [6.45, 7) is 15.3. The summed E-state index contributed by atoms with van der Waals surface area (Å²) in [6, 6.07) is 13.3. The van der Waals surface area contributed by atoms with Crippen molar-refractivity contribution in [2.45, 2.75) is 86.5 Å². The molecule has 1 aromatic carbocycles. The molecule has 5 atom stereocenters. The molecule has 0 radical (unpaired) electrons. The van der Waals surface area contributed by atoms with E-state index < -0.39 is 5.41 Å². The molecule has 3 heteroatoms. The van der Waals surface area contributed by atoms with Gasteiger partial charge in [0.15, 0.2) is 0 Å². The molecular formula is C27H41NO2. The topological polar surface area (TPSA) is 50.1 Å². The van der Waals surface area contributed by atoms with E-state index in [0.29, 0.717) is 0 Å². The quantitative estimate of drug-likeness (QED) is 0.385. The molecule has 1 saturated carbocycles. The Morgan fingerprint density at radius 2 is 1.83 bits per heavy atom. The summed E-state index contributed by atoms with van der Waals surface area (Å²) in [7, 11) is 1.50. The van der Waals surface area contributed by atoms with Crippen molar-refractivity contribution < 1.29 is 9.53 Å². The van der Waals surface area contributed by atoms with E-state index in [1.165, 1.54) is 12.7 Å². The number of nitriles is 1. The van der Waals surface area contributed by atoms with Crippen molar-refractivity contribution in [3.63, 3.8) is 0 Å². The zero-order chi connectivity index (χ0) is 22.8. The third kappa shape index (κ3) is 4.29. The summed E-state index contributed by atoms with van der Waals surface area (Å²) in [5, 5.41) is 9.80. The minimum atomic E-state index is -0.540. The zero-order valence-corrected chi connectivity index (χ0v) is 20.3. The third-order valence-electron chi connectivity index (χ3n) is 8.58. The number of methoxy groups -OCH3 is 1. The van der Waals surface area contributed by atoms with Crippen LogP contribution in [0.3, 0.4) is 0 Å². The lowest BCUT2D eigenvalue weighted by atomic mass is 9.59. The fourth-order valence-corrected chi connectivity index (χ4v) is 5.87. The zero-order valence-electron chi connectivity index (χ0n) is 20.3. The molecule has 30 heavy (non-hydrogen) atoms. The van der Waals surface area contributed by atoms with Crippen molar-refractivity contribution in [2.24, 2.45) is 27.6 Å². The largest absolute Gasteiger partial charge is 0.469 e. The van der Waals surface area contributed by atoms with Gasteiger partial charge in [-0.15, -0.1) is 0 Å². The number of rotatable bonds is 10. The molecule has 0 heterocycles. The van der Waals surface area contributed by atoms with Gasteiger partial charge in [-0.1, -0.05) is 71.4 Å². The smallest absolute Gasteiger partial charge is 0.311 e. The first-order chi connectivity index (χ1) is 13.9. The number of nitrogens with zero attached hydrogens (tertiary/aromatic N) is 1. The van der Waals surface area contributed by atoms with Crippen LogP contribution in [0.5, 0.6) is 0 Å². The van der Waals surface area contributed by atoms with E-state index in [9.17, 15) is 10.1 Å². The van der Waals surface area contributed by atoms with Crippen LogP contribution in [-0.4, -0.2) is 13.1 Å². The highest BCUT2D eigenvalue weighted by Crippen LogP contribution is 2.70. The molecule has 0 amide bonds. The number of carbonyl (C=O) groups is 1. The minimum Gasteiger partial charge on any atom is -0.469 e. The first kappa shape index (κ1) is 24.4. The third-order valence-corrected chi connectivity index (χ3v) is 8.58. The van der Waals surface area contributed by atoms with Crippen molar-refractivity contribution in [2.75, 3.05) is 7.11 Å². The molecule has 5 unspecified atom stereocenters. The van der Waals surface area contributed by atoms with Gasteiger partial charge in [0.2, 0.25) is 0 Å². The number of ether oxygens (including phenoxy) is 1. The maximum atomic E-state index is 12.9. The summed E-state index contributed by atoms with van der Waals surface area (Å²) in [5.41, 5.74) is 0.445. The van der Waals surface area contributed by atoms with Crippen LogP contribution in [0.25, 0.3) is 0 Å². The standard InChI is InChI=1S/C27H41NO2/c1-9-20(3)26(7,23(29)30-8)17-24(4,5)22(21-14-12-11-13-15-21)16-27(10-2)18-25(27,6)19-28/h11-15,20,22H,9-10,16-18H2,1-8H3. The molecule has 1 aliphatic rings. The Kier molecular flexibility index (Phi) is 7.12. The molecule has 1 aromatic rings. The number of carbonyl (C=O) groups excluding carboxylic acids is 1. The van der Waals surface area contributed by atoms with Crippen LogP contribution in [0, 0.1) is 38.9 Å². The lowest BCUT2D eigenvalue weighted by Crippen LogP contribution is -2.41. The van der Waals surface area contributed by atoms with E-state index >= 15 is 0 Å². The highest BCUT2D eigenvalue weighted by Gasteiger charge is 2.64. The SMILES string of the molecule is CCC(C)C(C)(CC(C)(C)C(CC1(CC)CC1(C)C#N)c1ccccc1)C(=O)OC. The lowest BCUT2D eigenvalue weighted by molar-refractivity contribution is -0.158. The summed E-state index contributed by atoms with van der Waals surface area (Å²) < 4.78 is 5.27. The van der Waals surface area contributed by atoms with E-state index in [4.69, 9.17) is 4.74 Å². The van der Waals surface area contributed by atoms with Gasteiger partial charge in [-0.25, -0.2) is 0 Å². The monoisotopic (exact) mass is 411 g/mol. The Labute approximate surface area is 184 Å². The molecule has 0 aliphatic heterocycles. The summed E-state index contributed by atoms with van der Waals surface area (Å²) in [4.78, 5) is 12.9. The number of hydrogen-bond acceptors (Lipinski definition) is 3. The maximum absolute atomic E-state index is 12.9. The van der Waals surface area contributed by atoms with Crippen molar-refractivity contribution in [3.8, 4) is 6.07 Å². The van der Waals surface area contributed by atoms with Gasteiger partial charge in [-0.05, 0) is 67.8 Å². The van der Waals surface area contributed by atoms with Crippen LogP contribution in [0.1, 0.15) is 92.1 Å². The van der Waals surface area contributed by atoms with Crippen LogP contribution < -0.4 is 0 Å². The van der Waals surface area contributed by atoms with Gasteiger partial charge < -0.3 is 4.74 Å². The molecule has 0 N–H and O–H groups in total. The molecule has 2 rings (SSSR count). The van der Waals surface area contributed by atoms with E-state index in [-0.39, 0.29) is 34.1 Å². The normalized spacial score (nSPS) is 27.4. The van der Waals surface area contributed by atoms with Crippen LogP contribution >= 0.6 is 0 Å². The average Bonchev–Trinajstić information content (AvgIpc) is 3.35. The van der Waals surface area contributed by atoms with Gasteiger partial charge in [0.25, 0.3) is 0 Å². The second-order valence-corrected chi connectivity index (χ2v) is 10.8. The Morgan fingerprint density at radius 1 is 1.23 bits per heavy atom. The van der Waals surface area contributed by atoms with Gasteiger partial charge in [-0.3, -0.25) is 4.79 Å². The second kappa shape index (κ2) is 8.74. The van der Waals surface area contributed by atoms with Gasteiger partial charge in [0, 0.05) is 0 Å². The Balaban J connectivity index is 2.47. The highest BCUT2D eigenvalue weighted by molar-refractivity contribution is 5.76. The van der Waals surface area contributed by atoms with Crippen molar-refractivity contribution in [3.05, 3.63) is 35.9 Å².